The van der Waals surface area contributed by atoms with E-state index in [0.29, 0.717) is 60.3 Å². The summed E-state index contributed by atoms with van der Waals surface area (Å²) in [5.74, 6) is 11.8. The Balaban J connectivity index is 0.000000172. The Kier molecular flexibility index (Phi) is 28.6. The third kappa shape index (κ3) is 22.6. The van der Waals surface area contributed by atoms with Crippen molar-refractivity contribution in [1.82, 2.24) is 89.7 Å². The summed E-state index contributed by atoms with van der Waals surface area (Å²) in [5, 5.41) is 25.7. The molecule has 0 fully saturated rings. The van der Waals surface area contributed by atoms with Crippen molar-refractivity contribution in [3.05, 3.63) is 127 Å². The maximum absolute atomic E-state index is 11.4. The van der Waals surface area contributed by atoms with Crippen LogP contribution in [-0.2, 0) is 11.2 Å². The number of hydrogen-bond acceptors (Lipinski definition) is 25. The fourth-order valence-corrected chi connectivity index (χ4v) is 9.80. The van der Waals surface area contributed by atoms with Crippen LogP contribution in [0.4, 0.5) is 40.6 Å². The lowest BCUT2D eigenvalue weighted by Gasteiger charge is -2.15. The van der Waals surface area contributed by atoms with E-state index < -0.39 is 0 Å². The van der Waals surface area contributed by atoms with Crippen molar-refractivity contribution in [1.29, 1.82) is 0 Å². The van der Waals surface area contributed by atoms with Crippen LogP contribution < -0.4 is 37.2 Å². The molecule has 0 spiro atoms. The molecule has 0 atom stereocenters. The molecule has 7 N–H and O–H groups in total. The zero-order valence-electron chi connectivity index (χ0n) is 64.2. The lowest BCUT2D eigenvalue weighted by molar-refractivity contribution is -0.115. The van der Waals surface area contributed by atoms with E-state index in [1.54, 1.807) is 37.2 Å². The molecule has 0 bridgehead atoms. The molecule has 0 unspecified atom stereocenters. The third-order valence-corrected chi connectivity index (χ3v) is 14.6. The molecule has 542 valence electrons. The van der Waals surface area contributed by atoms with Gasteiger partial charge in [-0.2, -0.15) is 0 Å². The summed E-state index contributed by atoms with van der Waals surface area (Å²) < 4.78 is 0. The molecule has 0 saturated heterocycles. The van der Waals surface area contributed by atoms with Crippen LogP contribution in [0.15, 0.2) is 86.1 Å². The summed E-state index contributed by atoms with van der Waals surface area (Å²) >= 11 is 0. The Morgan fingerprint density at radius 3 is 1.25 bits per heavy atom. The van der Waals surface area contributed by atoms with E-state index in [0.717, 1.165) is 136 Å². The average Bonchev–Trinajstić information content (AvgIpc) is 1.36. The molecule has 0 radical (unpaired) electrons. The molecule has 0 aromatic carbocycles. The van der Waals surface area contributed by atoms with Gasteiger partial charge in [-0.3, -0.25) is 19.7 Å². The second-order valence-electron chi connectivity index (χ2n) is 28.6. The number of anilines is 7. The molecular weight excluding hydrogens is 1280 g/mol. The molecule has 1 aliphatic heterocycles. The minimum atomic E-state index is -0.0120. The highest BCUT2D eigenvalue weighted by Crippen LogP contribution is 2.32. The zero-order chi connectivity index (χ0) is 74.6. The van der Waals surface area contributed by atoms with Gasteiger partial charge >= 0.3 is 0 Å². The van der Waals surface area contributed by atoms with Gasteiger partial charge in [-0.15, -0.1) is 0 Å². The molecule has 102 heavy (non-hydrogen) atoms. The van der Waals surface area contributed by atoms with Crippen molar-refractivity contribution in [2.45, 2.75) is 244 Å². The van der Waals surface area contributed by atoms with Crippen molar-refractivity contribution < 1.29 is 4.79 Å². The average molecular weight is 1390 g/mol. The number of aromatic nitrogens is 18. The summed E-state index contributed by atoms with van der Waals surface area (Å²) in [7, 11) is 0. The smallest absolute Gasteiger partial charge is 0.230 e. The van der Waals surface area contributed by atoms with Crippen molar-refractivity contribution in [2.24, 2.45) is 0 Å². The predicted molar refractivity (Wildman–Crippen MR) is 416 cm³/mol. The van der Waals surface area contributed by atoms with Crippen molar-refractivity contribution >= 4 is 101 Å². The first-order chi connectivity index (χ1) is 48.3. The van der Waals surface area contributed by atoms with Gasteiger partial charge < -0.3 is 37.2 Å². The van der Waals surface area contributed by atoms with Crippen LogP contribution in [0.3, 0.4) is 0 Å². The summed E-state index contributed by atoms with van der Waals surface area (Å²) in [4.78, 5) is 90.9. The van der Waals surface area contributed by atoms with E-state index in [4.69, 9.17) is 0 Å². The highest BCUT2D eigenvalue weighted by atomic mass is 16.1. The standard InChI is InChI=1S/4C13H18N4.C12H17N5.C12H18N4O/c1-8(2)12-16-11-5-6-14-7-10(11)13(17-12)15-9(3)4;1-8(2)12-16-11-7-14-6-5-10(11)13(17-12)15-9(3)4;1-8(2)12-16-10-6-5-7-14-11(10)13(17-12)15-9(3)4;1-8(2)11-16-12-10(6-5-7-14-12)13(17-11)15-9(3)4;1-7(2)11-16-9-5-13-6-14-10(9)12(17-11)15-8(3)4;1-6(2)11-14-8-5-9(17)15-10(8)12(16-11)13-7(3)4/h3*5-9H,1-4H3,(H,15,16,17);5-9H,1-4H3,(H,14,15,16,17);5-8H,1-4H3,(H,15,16,17);6-7H,5H2,1-4H3,(H,15,17)(H,13,14,16). The number of amides is 1. The lowest BCUT2D eigenvalue weighted by Crippen LogP contribution is -2.15. The van der Waals surface area contributed by atoms with E-state index >= 15 is 0 Å². The number of nitrogens with zero attached hydrogens (tertiary/aromatic N) is 18. The van der Waals surface area contributed by atoms with Gasteiger partial charge in [-0.25, -0.2) is 74.8 Å². The molecule has 11 aromatic rings. The Morgan fingerprint density at radius 1 is 0.324 bits per heavy atom. The van der Waals surface area contributed by atoms with Crippen molar-refractivity contribution in [2.75, 3.05) is 37.2 Å². The summed E-state index contributed by atoms with van der Waals surface area (Å²) in [5.41, 5.74) is 7.45. The highest BCUT2D eigenvalue weighted by Gasteiger charge is 2.26. The Morgan fingerprint density at radius 2 is 0.716 bits per heavy atom. The molecule has 0 aliphatic carbocycles. The van der Waals surface area contributed by atoms with Crippen LogP contribution >= 0.6 is 0 Å². The van der Waals surface area contributed by atoms with Gasteiger partial charge in [0.05, 0.1) is 51.8 Å². The van der Waals surface area contributed by atoms with E-state index in [1.807, 2.05) is 70.3 Å². The van der Waals surface area contributed by atoms with Crippen LogP contribution in [0.1, 0.15) is 242 Å². The predicted octanol–water partition coefficient (Wildman–Crippen LogP) is 16.2. The number of fused-ring (bicyclic) bond motifs is 6. The Bertz CT molecular complexity index is 3970. The van der Waals surface area contributed by atoms with Crippen molar-refractivity contribution in [3.8, 4) is 0 Å². The van der Waals surface area contributed by atoms with Gasteiger partial charge in [0.15, 0.2) is 23.1 Å². The molecule has 1 amide bonds. The lowest BCUT2D eigenvalue weighted by atomic mass is 10.2. The number of hydrogen-bond donors (Lipinski definition) is 7. The zero-order valence-corrected chi connectivity index (χ0v) is 64.2. The number of carbonyl (C=O) groups excluding carboxylic acids is 1. The topological polar surface area (TPSA) is 333 Å². The second-order valence-corrected chi connectivity index (χ2v) is 28.6. The molecule has 1 aliphatic rings. The fourth-order valence-electron chi connectivity index (χ4n) is 9.80. The van der Waals surface area contributed by atoms with E-state index in [2.05, 4.69) is 265 Å². The van der Waals surface area contributed by atoms with Crippen LogP contribution in [0.5, 0.6) is 0 Å². The maximum atomic E-state index is 11.4. The van der Waals surface area contributed by atoms with E-state index in [9.17, 15) is 4.79 Å². The van der Waals surface area contributed by atoms with Gasteiger partial charge in [0.1, 0.15) is 81.0 Å². The Labute approximate surface area is 601 Å². The van der Waals surface area contributed by atoms with Crippen LogP contribution in [0.2, 0.25) is 0 Å². The quantitative estimate of drug-likeness (QED) is 0.0419. The summed E-state index contributed by atoms with van der Waals surface area (Å²) in [6, 6.07) is 13.6. The largest absolute Gasteiger partial charge is 0.367 e. The second kappa shape index (κ2) is 36.9. The summed E-state index contributed by atoms with van der Waals surface area (Å²) in [6.07, 6.45) is 14.3. The van der Waals surface area contributed by atoms with Crippen LogP contribution in [0, 0.1) is 0 Å². The Hall–Kier alpha value is -10.3. The molecular formula is C76H107N25O. The minimum absolute atomic E-state index is 0.0120. The number of rotatable bonds is 18. The SMILES string of the molecule is CC(C)Nc1nc(C(C)C)nc2c1NC(=O)C2.CC(C)Nc1nc(C(C)C)nc2cccnc12.CC(C)Nc1nc(C(C)C)nc2ccncc12.CC(C)Nc1nc(C(C)C)nc2cnccc12.CC(C)Nc1nc(C(C)C)nc2cncnc12.CC(C)Nc1nc(C(C)C)nc2ncccc12. The van der Waals surface area contributed by atoms with Gasteiger partial charge in [0, 0.05) is 108 Å². The normalized spacial score (nSPS) is 11.9. The third-order valence-electron chi connectivity index (χ3n) is 14.6. The van der Waals surface area contributed by atoms with E-state index in [-0.39, 0.29) is 23.8 Å². The first-order valence-electron chi connectivity index (χ1n) is 35.6. The number of nitrogens with one attached hydrogen (secondary N) is 7. The van der Waals surface area contributed by atoms with Crippen LogP contribution in [0.25, 0.3) is 54.9 Å². The molecule has 0 saturated carbocycles. The fraction of sp³-hybridized carbons (Fsp3) is 0.487. The molecule has 12 rings (SSSR count). The molecule has 11 aromatic heterocycles. The molecule has 26 nitrogen and oxygen atoms in total. The molecule has 26 heteroatoms. The van der Waals surface area contributed by atoms with Crippen LogP contribution in [-0.4, -0.2) is 132 Å². The molecule has 12 heterocycles. The number of carbonyl (C=O) groups is 1. The number of pyridine rings is 4. The highest BCUT2D eigenvalue weighted by molar-refractivity contribution is 6.01. The first-order valence-corrected chi connectivity index (χ1v) is 35.6. The van der Waals surface area contributed by atoms with Gasteiger partial charge in [-0.1, -0.05) is 83.1 Å². The van der Waals surface area contributed by atoms with Crippen molar-refractivity contribution in [3.63, 3.8) is 0 Å². The maximum Gasteiger partial charge on any atom is 0.230 e. The summed E-state index contributed by atoms with van der Waals surface area (Å²) in [6.45, 7) is 50.0. The monoisotopic (exact) mass is 1390 g/mol. The van der Waals surface area contributed by atoms with Gasteiger partial charge in [-0.05, 0) is 119 Å². The minimum Gasteiger partial charge on any atom is -0.367 e. The van der Waals surface area contributed by atoms with E-state index in [1.165, 1.54) is 6.33 Å². The van der Waals surface area contributed by atoms with Gasteiger partial charge in [0.2, 0.25) is 5.91 Å². The first kappa shape index (κ1) is 79.1. The van der Waals surface area contributed by atoms with Gasteiger partial charge in [0.25, 0.3) is 0 Å².